The number of hydrogen-bond acceptors (Lipinski definition) is 6. The molecule has 3 heterocycles. The second-order valence-electron chi connectivity index (χ2n) is 7.31. The van der Waals surface area contributed by atoms with Crippen LogP contribution in [0.15, 0.2) is 18.2 Å². The molecule has 0 spiro atoms. The maximum absolute atomic E-state index is 12.0. The largest absolute Gasteiger partial charge is 0.465 e. The van der Waals surface area contributed by atoms with Crippen molar-refractivity contribution in [2.24, 2.45) is 0 Å². The van der Waals surface area contributed by atoms with Gasteiger partial charge in [-0.3, -0.25) is 4.90 Å². The van der Waals surface area contributed by atoms with Crippen LogP contribution in [-0.2, 0) is 20.8 Å². The van der Waals surface area contributed by atoms with Crippen LogP contribution in [0.25, 0.3) is 11.0 Å². The van der Waals surface area contributed by atoms with Gasteiger partial charge in [0.1, 0.15) is 11.9 Å². The first-order valence-corrected chi connectivity index (χ1v) is 9.63. The van der Waals surface area contributed by atoms with Crippen molar-refractivity contribution in [1.29, 1.82) is 0 Å². The highest BCUT2D eigenvalue weighted by Crippen LogP contribution is 2.30. The van der Waals surface area contributed by atoms with Crippen molar-refractivity contribution in [3.05, 3.63) is 29.6 Å². The predicted octanol–water partition coefficient (Wildman–Crippen LogP) is 2.40. The molecule has 1 aromatic carbocycles. The fourth-order valence-electron chi connectivity index (χ4n) is 4.18. The lowest BCUT2D eigenvalue weighted by atomic mass is 10.1. The van der Waals surface area contributed by atoms with Crippen molar-refractivity contribution in [3.63, 3.8) is 0 Å². The van der Waals surface area contributed by atoms with Crippen molar-refractivity contribution in [1.82, 2.24) is 14.5 Å². The highest BCUT2D eigenvalue weighted by atomic mass is 16.5. The van der Waals surface area contributed by atoms with Gasteiger partial charge >= 0.3 is 5.97 Å². The molecule has 0 saturated carbocycles. The smallest absolute Gasteiger partial charge is 0.337 e. The van der Waals surface area contributed by atoms with Gasteiger partial charge < -0.3 is 18.8 Å². The van der Waals surface area contributed by atoms with Crippen molar-refractivity contribution in [2.75, 3.05) is 40.5 Å². The molecule has 2 saturated heterocycles. The molecule has 2 aliphatic rings. The number of rotatable bonds is 5. The summed E-state index contributed by atoms with van der Waals surface area (Å²) in [6.07, 6.45) is 3.75. The average molecular weight is 373 g/mol. The summed E-state index contributed by atoms with van der Waals surface area (Å²) in [7, 11) is 3.12. The molecule has 0 amide bonds. The van der Waals surface area contributed by atoms with Gasteiger partial charge in [0.25, 0.3) is 0 Å². The molecule has 2 fully saturated rings. The van der Waals surface area contributed by atoms with E-state index in [4.69, 9.17) is 19.2 Å². The van der Waals surface area contributed by atoms with E-state index in [1.54, 1.807) is 13.2 Å². The van der Waals surface area contributed by atoms with E-state index >= 15 is 0 Å². The number of fused-ring (bicyclic) bond motifs is 1. The third kappa shape index (κ3) is 3.59. The van der Waals surface area contributed by atoms with Crippen molar-refractivity contribution < 1.29 is 19.0 Å². The van der Waals surface area contributed by atoms with E-state index in [1.165, 1.54) is 26.4 Å². The van der Waals surface area contributed by atoms with Crippen LogP contribution in [0.1, 0.15) is 41.5 Å². The van der Waals surface area contributed by atoms with Crippen LogP contribution >= 0.6 is 0 Å². The molecule has 4 rings (SSSR count). The van der Waals surface area contributed by atoms with Crippen LogP contribution in [0, 0.1) is 0 Å². The number of likely N-dealkylation sites (tertiary alicyclic amines) is 1. The summed E-state index contributed by atoms with van der Waals surface area (Å²) in [5.41, 5.74) is 2.35. The molecule has 2 atom stereocenters. The summed E-state index contributed by atoms with van der Waals surface area (Å²) in [6.45, 7) is 4.16. The summed E-state index contributed by atoms with van der Waals surface area (Å²) >= 11 is 0. The Morgan fingerprint density at radius 2 is 2.04 bits per heavy atom. The Morgan fingerprint density at radius 1 is 1.22 bits per heavy atom. The maximum Gasteiger partial charge on any atom is 0.337 e. The monoisotopic (exact) mass is 373 g/mol. The highest BCUT2D eigenvalue weighted by molar-refractivity contribution is 5.93. The SMILES string of the molecule is COC(=O)c1ccc2nc(CN3CCCCC3)n(C3COCC3OC)c2c1. The van der Waals surface area contributed by atoms with Crippen LogP contribution < -0.4 is 0 Å². The first-order chi connectivity index (χ1) is 13.2. The Kier molecular flexibility index (Phi) is 5.43. The lowest BCUT2D eigenvalue weighted by Crippen LogP contribution is -2.32. The van der Waals surface area contributed by atoms with E-state index in [2.05, 4.69) is 9.47 Å². The molecule has 7 heteroatoms. The van der Waals surface area contributed by atoms with Crippen LogP contribution in [0.4, 0.5) is 0 Å². The molecule has 0 aliphatic carbocycles. The normalized spacial score (nSPS) is 23.8. The minimum atomic E-state index is -0.340. The van der Waals surface area contributed by atoms with Gasteiger partial charge in [0.15, 0.2) is 0 Å². The van der Waals surface area contributed by atoms with E-state index in [9.17, 15) is 4.79 Å². The van der Waals surface area contributed by atoms with Crippen LogP contribution in [0.3, 0.4) is 0 Å². The number of nitrogens with zero attached hydrogens (tertiary/aromatic N) is 3. The van der Waals surface area contributed by atoms with Gasteiger partial charge in [-0.15, -0.1) is 0 Å². The number of carbonyl (C=O) groups excluding carboxylic acids is 1. The predicted molar refractivity (Wildman–Crippen MR) is 101 cm³/mol. The van der Waals surface area contributed by atoms with Gasteiger partial charge in [-0.05, 0) is 44.1 Å². The second kappa shape index (κ2) is 7.96. The van der Waals surface area contributed by atoms with Crippen molar-refractivity contribution in [2.45, 2.75) is 38.0 Å². The Morgan fingerprint density at radius 3 is 2.78 bits per heavy atom. The zero-order valence-electron chi connectivity index (χ0n) is 16.0. The Hall–Kier alpha value is -1.96. The molecule has 0 bridgehead atoms. The minimum absolute atomic E-state index is 0.0238. The molecule has 146 valence electrons. The lowest BCUT2D eigenvalue weighted by Gasteiger charge is -2.28. The Labute approximate surface area is 159 Å². The molecular weight excluding hydrogens is 346 g/mol. The number of piperidine rings is 1. The van der Waals surface area contributed by atoms with Crippen molar-refractivity contribution in [3.8, 4) is 0 Å². The van der Waals surface area contributed by atoms with Gasteiger partial charge in [-0.2, -0.15) is 0 Å². The zero-order valence-corrected chi connectivity index (χ0v) is 16.0. The van der Waals surface area contributed by atoms with E-state index in [-0.39, 0.29) is 18.1 Å². The minimum Gasteiger partial charge on any atom is -0.465 e. The lowest BCUT2D eigenvalue weighted by molar-refractivity contribution is 0.0601. The number of methoxy groups -OCH3 is 2. The molecule has 27 heavy (non-hydrogen) atoms. The standard InChI is InChI=1S/C20H27N3O4/c1-25-18-13-27-12-17(18)23-16-10-14(20(24)26-2)6-7-15(16)21-19(23)11-22-8-4-3-5-9-22/h6-7,10,17-18H,3-5,8-9,11-13H2,1-2H3. The van der Waals surface area contributed by atoms with Gasteiger partial charge in [0.05, 0.1) is 49.5 Å². The second-order valence-corrected chi connectivity index (χ2v) is 7.31. The highest BCUT2D eigenvalue weighted by Gasteiger charge is 2.33. The molecule has 1 aromatic heterocycles. The molecule has 2 aromatic rings. The third-order valence-electron chi connectivity index (χ3n) is 5.63. The van der Waals surface area contributed by atoms with E-state index in [0.717, 1.165) is 36.5 Å². The quantitative estimate of drug-likeness (QED) is 0.750. The molecule has 2 aliphatic heterocycles. The number of imidazole rings is 1. The van der Waals surface area contributed by atoms with Gasteiger partial charge in [-0.25, -0.2) is 9.78 Å². The number of ether oxygens (including phenoxy) is 3. The number of benzene rings is 1. The number of carbonyl (C=O) groups is 1. The molecule has 0 radical (unpaired) electrons. The zero-order chi connectivity index (χ0) is 18.8. The summed E-state index contributed by atoms with van der Waals surface area (Å²) < 4.78 is 18.5. The summed E-state index contributed by atoms with van der Waals surface area (Å²) in [5, 5.41) is 0. The Bertz CT molecular complexity index is 813. The van der Waals surface area contributed by atoms with Gasteiger partial charge in [-0.1, -0.05) is 6.42 Å². The van der Waals surface area contributed by atoms with Crippen LogP contribution in [-0.4, -0.2) is 67.0 Å². The van der Waals surface area contributed by atoms with Gasteiger partial charge in [0, 0.05) is 7.11 Å². The van der Waals surface area contributed by atoms with Crippen LogP contribution in [0.2, 0.25) is 0 Å². The van der Waals surface area contributed by atoms with E-state index in [0.29, 0.717) is 18.8 Å². The number of hydrogen-bond donors (Lipinski definition) is 0. The number of aromatic nitrogens is 2. The Balaban J connectivity index is 1.77. The average Bonchev–Trinajstić information content (AvgIpc) is 3.30. The first kappa shape index (κ1) is 18.4. The van der Waals surface area contributed by atoms with Crippen LogP contribution in [0.5, 0.6) is 0 Å². The third-order valence-corrected chi connectivity index (χ3v) is 5.63. The summed E-state index contributed by atoms with van der Waals surface area (Å²) in [4.78, 5) is 19.4. The fraction of sp³-hybridized carbons (Fsp3) is 0.600. The topological polar surface area (TPSA) is 65.8 Å². The molecule has 7 nitrogen and oxygen atoms in total. The molecule has 2 unspecified atom stereocenters. The number of esters is 1. The molecular formula is C20H27N3O4. The van der Waals surface area contributed by atoms with Crippen molar-refractivity contribution >= 4 is 17.0 Å². The summed E-state index contributed by atoms with van der Waals surface area (Å²) in [5.74, 6) is 0.666. The first-order valence-electron chi connectivity index (χ1n) is 9.63. The maximum atomic E-state index is 12.0. The fourth-order valence-corrected chi connectivity index (χ4v) is 4.18. The van der Waals surface area contributed by atoms with Gasteiger partial charge in [0.2, 0.25) is 0 Å². The van der Waals surface area contributed by atoms with E-state index < -0.39 is 0 Å². The van der Waals surface area contributed by atoms with E-state index in [1.807, 2.05) is 12.1 Å². The molecule has 0 N–H and O–H groups in total. The summed E-state index contributed by atoms with van der Waals surface area (Å²) in [6, 6.07) is 5.59.